The molecule has 5 unspecified atom stereocenters. The molecular weight excluding hydrogens is 552 g/mol. The van der Waals surface area contributed by atoms with Crippen LogP contribution in [0, 0.1) is 30.6 Å². The minimum Gasteiger partial charge on any atom is -0.507 e. The molecule has 5 aliphatic carbocycles. The third-order valence-electron chi connectivity index (χ3n) is 9.88. The second-order valence-corrected chi connectivity index (χ2v) is 14.7. The highest BCUT2D eigenvalue weighted by Gasteiger charge is 2.57. The average molecular weight is 592 g/mol. The van der Waals surface area contributed by atoms with Crippen molar-refractivity contribution >= 4 is 31.9 Å². The molecule has 0 spiro atoms. The molecule has 34 heavy (non-hydrogen) atoms. The molecular formula is C29H40Br2N2O. The summed E-state index contributed by atoms with van der Waals surface area (Å²) in [7, 11) is 0. The number of rotatable bonds is 7. The Morgan fingerprint density at radius 3 is 2.68 bits per heavy atom. The van der Waals surface area contributed by atoms with Gasteiger partial charge in [0.15, 0.2) is 0 Å². The van der Waals surface area contributed by atoms with Gasteiger partial charge in [-0.05, 0) is 105 Å². The summed E-state index contributed by atoms with van der Waals surface area (Å²) in [5.74, 6) is 3.99. The maximum Gasteiger partial charge on any atom is 0.123 e. The number of aromatic hydroxyl groups is 1. The number of halogens is 2. The first-order valence-electron chi connectivity index (χ1n) is 13.7. The van der Waals surface area contributed by atoms with Crippen LogP contribution in [-0.2, 0) is 12.0 Å². The summed E-state index contributed by atoms with van der Waals surface area (Å²) in [5, 5.41) is 15.2. The maximum absolute atomic E-state index is 11.4. The first-order chi connectivity index (χ1) is 16.4. The molecule has 4 bridgehead atoms. The number of aryl methyl sites for hydroxylation is 1. The Labute approximate surface area is 222 Å². The first kappa shape index (κ1) is 24.0. The average Bonchev–Trinajstić information content (AvgIpc) is 3.40. The fraction of sp³-hybridized carbons (Fsp3) is 0.724. The predicted molar refractivity (Wildman–Crippen MR) is 147 cm³/mol. The van der Waals surface area contributed by atoms with E-state index in [1.165, 1.54) is 73.5 Å². The van der Waals surface area contributed by atoms with Crippen molar-refractivity contribution in [3.63, 3.8) is 0 Å². The largest absolute Gasteiger partial charge is 0.507 e. The Kier molecular flexibility index (Phi) is 6.71. The number of hydrogen-bond acceptors (Lipinski definition) is 3. The number of benzene rings is 1. The second kappa shape index (κ2) is 9.50. The van der Waals surface area contributed by atoms with Crippen LogP contribution in [0.5, 0.6) is 5.75 Å². The highest BCUT2D eigenvalue weighted by molar-refractivity contribution is 9.12. The molecule has 1 heterocycles. The quantitative estimate of drug-likeness (QED) is 0.343. The van der Waals surface area contributed by atoms with Gasteiger partial charge in [0.25, 0.3) is 0 Å². The summed E-state index contributed by atoms with van der Waals surface area (Å²) in [6, 6.07) is 5.14. The lowest BCUT2D eigenvalue weighted by molar-refractivity contribution is 0.218. The van der Waals surface area contributed by atoms with Crippen LogP contribution >= 0.6 is 31.9 Å². The summed E-state index contributed by atoms with van der Waals surface area (Å²) in [6.07, 6.45) is 14.2. The molecule has 4 saturated carbocycles. The molecule has 1 aliphatic heterocycles. The van der Waals surface area contributed by atoms with E-state index < -0.39 is 0 Å². The fourth-order valence-electron chi connectivity index (χ4n) is 8.72. The van der Waals surface area contributed by atoms with Gasteiger partial charge in [-0.3, -0.25) is 4.90 Å². The Hall–Kier alpha value is -0.360. The molecule has 5 atom stereocenters. The van der Waals surface area contributed by atoms with Crippen molar-refractivity contribution in [2.24, 2.45) is 23.7 Å². The van der Waals surface area contributed by atoms with Crippen LogP contribution in [0.4, 0.5) is 0 Å². The molecule has 5 fully saturated rings. The molecule has 2 N–H and O–H groups in total. The van der Waals surface area contributed by atoms with Gasteiger partial charge in [0, 0.05) is 41.6 Å². The minimum atomic E-state index is 0.263. The summed E-state index contributed by atoms with van der Waals surface area (Å²) < 4.78 is 1.36. The van der Waals surface area contributed by atoms with Crippen molar-refractivity contribution in [2.75, 3.05) is 19.6 Å². The van der Waals surface area contributed by atoms with Crippen molar-refractivity contribution in [1.29, 1.82) is 0 Å². The van der Waals surface area contributed by atoms with Gasteiger partial charge < -0.3 is 10.4 Å². The molecule has 1 aromatic rings. The van der Waals surface area contributed by atoms with E-state index in [9.17, 15) is 5.11 Å². The van der Waals surface area contributed by atoms with Crippen LogP contribution in [0.3, 0.4) is 0 Å². The number of nitrogens with zero attached hydrogens (tertiary/aromatic N) is 1. The van der Waals surface area contributed by atoms with E-state index in [2.05, 4.69) is 67.2 Å². The molecule has 0 amide bonds. The highest BCUT2D eigenvalue weighted by atomic mass is 79.9. The van der Waals surface area contributed by atoms with Crippen LogP contribution in [0.25, 0.3) is 0 Å². The van der Waals surface area contributed by atoms with Gasteiger partial charge in [-0.2, -0.15) is 0 Å². The van der Waals surface area contributed by atoms with Gasteiger partial charge >= 0.3 is 0 Å². The lowest BCUT2D eigenvalue weighted by Crippen LogP contribution is -2.40. The van der Waals surface area contributed by atoms with Gasteiger partial charge in [0.1, 0.15) is 5.75 Å². The molecule has 186 valence electrons. The summed E-state index contributed by atoms with van der Waals surface area (Å²) in [4.78, 5) is 3.30. The van der Waals surface area contributed by atoms with Crippen molar-refractivity contribution in [2.45, 2.75) is 87.5 Å². The molecule has 1 saturated heterocycles. The number of nitrogens with one attached hydrogen (secondary N) is 1. The van der Waals surface area contributed by atoms with E-state index in [4.69, 9.17) is 0 Å². The van der Waals surface area contributed by atoms with Crippen molar-refractivity contribution in [3.8, 4) is 5.75 Å². The Morgan fingerprint density at radius 2 is 1.94 bits per heavy atom. The third-order valence-corrected chi connectivity index (χ3v) is 11.2. The lowest BCUT2D eigenvalue weighted by atomic mass is 9.65. The molecule has 3 nitrogen and oxygen atoms in total. The van der Waals surface area contributed by atoms with Crippen LogP contribution < -0.4 is 5.32 Å². The third kappa shape index (κ3) is 4.57. The molecule has 6 aliphatic rings. The summed E-state index contributed by atoms with van der Waals surface area (Å²) >= 11 is 7.58. The number of hydrogen-bond donors (Lipinski definition) is 2. The Balaban J connectivity index is 1.10. The predicted octanol–water partition coefficient (Wildman–Crippen LogP) is 6.78. The number of phenols is 1. The van der Waals surface area contributed by atoms with E-state index in [1.54, 1.807) is 0 Å². The van der Waals surface area contributed by atoms with Crippen molar-refractivity contribution in [3.05, 3.63) is 39.4 Å². The number of phenolic OH excluding ortho intramolecular Hbond substituents is 1. The van der Waals surface area contributed by atoms with Crippen LogP contribution in [0.2, 0.25) is 0 Å². The minimum absolute atomic E-state index is 0.263. The zero-order valence-electron chi connectivity index (χ0n) is 20.5. The van der Waals surface area contributed by atoms with E-state index in [0.29, 0.717) is 22.5 Å². The summed E-state index contributed by atoms with van der Waals surface area (Å²) in [6.45, 7) is 6.37. The van der Waals surface area contributed by atoms with Crippen LogP contribution in [0.1, 0.15) is 74.5 Å². The van der Waals surface area contributed by atoms with E-state index in [0.717, 1.165) is 49.4 Å². The van der Waals surface area contributed by atoms with Crippen molar-refractivity contribution < 1.29 is 5.11 Å². The molecule has 7 rings (SSSR count). The monoisotopic (exact) mass is 590 g/mol. The SMILES string of the molecule is Cc1cc(CNCC2CCCN2CC2C=C(Br)CC(Br)C2)c(O)c(C23CC4CC(C2)C(C4)C3)c1. The van der Waals surface area contributed by atoms with Crippen LogP contribution in [0.15, 0.2) is 22.7 Å². The number of likely N-dealkylation sites (tertiary alicyclic amines) is 1. The number of allylic oxidation sites excluding steroid dienone is 1. The van der Waals surface area contributed by atoms with Crippen LogP contribution in [-0.4, -0.2) is 40.5 Å². The highest BCUT2D eigenvalue weighted by Crippen LogP contribution is 2.65. The van der Waals surface area contributed by atoms with Gasteiger partial charge in [-0.15, -0.1) is 0 Å². The lowest BCUT2D eigenvalue weighted by Gasteiger charge is -2.39. The normalized spacial score (nSPS) is 39.2. The number of alkyl halides is 1. The smallest absolute Gasteiger partial charge is 0.123 e. The fourth-order valence-corrected chi connectivity index (χ4v) is 10.7. The standard InChI is InChI=1S/C29H40Br2N2O/c1-18-5-23(28(34)27(6-18)29-12-19-7-21(13-29)22(8-19)14-29)15-32-16-26-3-2-4-33(26)17-20-9-24(30)11-25(31)10-20/h5-6,9,19-22,25-26,32,34H,2-4,7-8,10-17H2,1H3. The Morgan fingerprint density at radius 1 is 1.15 bits per heavy atom. The molecule has 5 heteroatoms. The maximum atomic E-state index is 11.4. The summed E-state index contributed by atoms with van der Waals surface area (Å²) in [5.41, 5.74) is 3.96. The van der Waals surface area contributed by atoms with Crippen molar-refractivity contribution in [1.82, 2.24) is 10.2 Å². The molecule has 0 radical (unpaired) electrons. The zero-order chi connectivity index (χ0) is 23.4. The van der Waals surface area contributed by atoms with Gasteiger partial charge in [-0.25, -0.2) is 0 Å². The Bertz CT molecular complexity index is 942. The van der Waals surface area contributed by atoms with Gasteiger partial charge in [0.2, 0.25) is 0 Å². The topological polar surface area (TPSA) is 35.5 Å². The molecule has 0 aromatic heterocycles. The van der Waals surface area contributed by atoms with Gasteiger partial charge in [0.05, 0.1) is 0 Å². The van der Waals surface area contributed by atoms with Gasteiger partial charge in [-0.1, -0.05) is 55.6 Å². The second-order valence-electron chi connectivity index (χ2n) is 12.4. The van der Waals surface area contributed by atoms with E-state index >= 15 is 0 Å². The zero-order valence-corrected chi connectivity index (χ0v) is 23.7. The molecule has 1 aromatic carbocycles. The van der Waals surface area contributed by atoms with E-state index in [-0.39, 0.29) is 5.41 Å². The van der Waals surface area contributed by atoms with E-state index in [1.807, 2.05) is 0 Å². The first-order valence-corrected chi connectivity index (χ1v) is 15.4.